The van der Waals surface area contributed by atoms with Gasteiger partial charge in [-0.3, -0.25) is 15.5 Å². The third kappa shape index (κ3) is 8.15. The lowest BCUT2D eigenvalue weighted by atomic mass is 9.98. The number of hydrogen-bond acceptors (Lipinski definition) is 1. The summed E-state index contributed by atoms with van der Waals surface area (Å²) in [5.74, 6) is 0.713. The van der Waals surface area contributed by atoms with Crippen LogP contribution in [0.5, 0.6) is 0 Å². The third-order valence-electron chi connectivity index (χ3n) is 14.1. The summed E-state index contributed by atoms with van der Waals surface area (Å²) in [6.45, 7) is 0. The number of para-hydroxylation sites is 1. The van der Waals surface area contributed by atoms with Crippen molar-refractivity contribution in [2.45, 2.75) is 0 Å². The maximum Gasteiger partial charge on any atom is 0.154 e. The van der Waals surface area contributed by atoms with Crippen molar-refractivity contribution >= 4 is 55.3 Å². The Kier molecular flexibility index (Phi) is 10.9. The minimum atomic E-state index is 0.156. The van der Waals surface area contributed by atoms with Crippen LogP contribution in [0.1, 0.15) is 11.1 Å². The van der Waals surface area contributed by atoms with Crippen LogP contribution in [0.15, 0.2) is 278 Å². The fourth-order valence-electron chi connectivity index (χ4n) is 10.3. The number of aromatic nitrogens is 2. The van der Waals surface area contributed by atoms with Crippen molar-refractivity contribution in [2.24, 2.45) is 4.99 Å². The van der Waals surface area contributed by atoms with E-state index in [-0.39, 0.29) is 5.84 Å². The predicted octanol–water partition coefficient (Wildman–Crippen LogP) is 17.2. The normalized spacial score (nSPS) is 11.7. The van der Waals surface area contributed by atoms with Gasteiger partial charge in [-0.15, -0.1) is 0 Å². The van der Waals surface area contributed by atoms with E-state index in [0.717, 1.165) is 88.6 Å². The van der Waals surface area contributed by atoms with Gasteiger partial charge in [0, 0.05) is 38.4 Å². The number of benzene rings is 11. The highest BCUT2D eigenvalue weighted by Gasteiger charge is 2.19. The van der Waals surface area contributed by atoms with Crippen molar-refractivity contribution in [1.29, 1.82) is 5.41 Å². The molecule has 2 aromatic heterocycles. The highest BCUT2D eigenvalue weighted by molar-refractivity contribution is 6.17. The molecule has 0 radical (unpaired) electrons. The summed E-state index contributed by atoms with van der Waals surface area (Å²) in [5, 5.41) is 14.0. The zero-order chi connectivity index (χ0) is 48.7. The van der Waals surface area contributed by atoms with Crippen LogP contribution in [-0.4, -0.2) is 20.9 Å². The van der Waals surface area contributed by atoms with E-state index in [1.54, 1.807) is 0 Å². The number of fused-ring (bicyclic) bond motifs is 6. The van der Waals surface area contributed by atoms with Crippen LogP contribution in [-0.2, 0) is 0 Å². The van der Waals surface area contributed by atoms with Gasteiger partial charge in [0.15, 0.2) is 11.7 Å². The SMILES string of the molecule is N=C(N=C(Nn1c2ccc(-c3ccccc3)cc2c2cc(-c3ccc4c(c3)c3cc(-c5ccccc5)ccc3n4-c3ccccc3)ccc21)c1ccc(-c2ccccc2)cc1)c1ccc(-c2ccccc2)cc1. The standard InChI is InChI=1S/C68H47N5/c69-67(52-30-26-50(27-31-52)46-16-6-1-7-17-46)70-68(53-32-28-51(29-33-53)47-18-8-2-9-19-47)71-73-65-40-36-55(49-22-12-4-13-23-49)43-61(65)62-45-57(37-41-66(62)73)56-35-39-64-60(44-56)59-42-54(48-20-10-3-11-21-48)34-38-63(59)72(64)58-24-14-5-15-25-58/h1-45H,(H2,69,70,71). The van der Waals surface area contributed by atoms with Crippen molar-refractivity contribution in [2.75, 3.05) is 5.43 Å². The Balaban J connectivity index is 0.959. The highest BCUT2D eigenvalue weighted by atomic mass is 15.4. The molecule has 0 unspecified atom stereocenters. The molecule has 0 saturated heterocycles. The fraction of sp³-hybridized carbons (Fsp3) is 0. The Labute approximate surface area is 423 Å². The molecule has 0 aliphatic heterocycles. The lowest BCUT2D eigenvalue weighted by molar-refractivity contribution is 1.08. The van der Waals surface area contributed by atoms with Gasteiger partial charge >= 0.3 is 0 Å². The van der Waals surface area contributed by atoms with Crippen LogP contribution in [0, 0.1) is 5.41 Å². The minimum Gasteiger partial charge on any atom is -0.309 e. The molecule has 0 spiro atoms. The van der Waals surface area contributed by atoms with Crippen LogP contribution in [0.2, 0.25) is 0 Å². The van der Waals surface area contributed by atoms with E-state index in [1.165, 1.54) is 27.4 Å². The van der Waals surface area contributed by atoms with Gasteiger partial charge in [-0.25, -0.2) is 4.99 Å². The molecule has 2 N–H and O–H groups in total. The zero-order valence-corrected chi connectivity index (χ0v) is 39.8. The number of rotatable bonds is 9. The molecule has 5 heteroatoms. The summed E-state index contributed by atoms with van der Waals surface area (Å²) in [4.78, 5) is 5.11. The first-order valence-corrected chi connectivity index (χ1v) is 24.7. The molecule has 13 rings (SSSR count). The van der Waals surface area contributed by atoms with Gasteiger partial charge in [-0.2, -0.15) is 0 Å². The van der Waals surface area contributed by atoms with E-state index in [9.17, 15) is 5.41 Å². The second kappa shape index (κ2) is 18.5. The van der Waals surface area contributed by atoms with E-state index in [4.69, 9.17) is 4.99 Å². The minimum absolute atomic E-state index is 0.156. The molecular weight excluding hydrogens is 887 g/mol. The molecule has 5 nitrogen and oxygen atoms in total. The molecular formula is C68H47N5. The van der Waals surface area contributed by atoms with E-state index in [2.05, 4.69) is 251 Å². The van der Waals surface area contributed by atoms with Crippen LogP contribution >= 0.6 is 0 Å². The molecule has 13 aromatic rings. The van der Waals surface area contributed by atoms with Crippen molar-refractivity contribution in [1.82, 2.24) is 9.24 Å². The molecule has 0 aliphatic rings. The largest absolute Gasteiger partial charge is 0.309 e. The summed E-state index contributed by atoms with van der Waals surface area (Å²) in [6.07, 6.45) is 0. The second-order valence-electron chi connectivity index (χ2n) is 18.5. The number of amidine groups is 2. The number of nitrogens with one attached hydrogen (secondary N) is 2. The van der Waals surface area contributed by atoms with Gasteiger partial charge in [0.05, 0.1) is 22.1 Å². The molecule has 0 atom stereocenters. The van der Waals surface area contributed by atoms with Gasteiger partial charge in [0.2, 0.25) is 0 Å². The lowest BCUT2D eigenvalue weighted by Crippen LogP contribution is -2.25. The van der Waals surface area contributed by atoms with E-state index in [1.807, 2.05) is 36.4 Å². The fourth-order valence-corrected chi connectivity index (χ4v) is 10.3. The quantitative estimate of drug-likeness (QED) is 0.110. The van der Waals surface area contributed by atoms with Crippen molar-refractivity contribution < 1.29 is 0 Å². The van der Waals surface area contributed by atoms with Crippen LogP contribution in [0.25, 0.3) is 105 Å². The molecule has 0 saturated carbocycles. The topological polar surface area (TPSA) is 58.1 Å². The van der Waals surface area contributed by atoms with Gasteiger partial charge in [0.25, 0.3) is 0 Å². The van der Waals surface area contributed by atoms with Crippen molar-refractivity contribution in [3.05, 3.63) is 284 Å². The van der Waals surface area contributed by atoms with Crippen LogP contribution in [0.3, 0.4) is 0 Å². The first-order chi connectivity index (χ1) is 36.1. The third-order valence-corrected chi connectivity index (χ3v) is 14.1. The first kappa shape index (κ1) is 43.2. The summed E-state index contributed by atoms with van der Waals surface area (Å²) in [6, 6.07) is 96.3. The Morgan fingerprint density at radius 3 is 1.01 bits per heavy atom. The van der Waals surface area contributed by atoms with Crippen molar-refractivity contribution in [3.8, 4) is 61.3 Å². The molecule has 0 bridgehead atoms. The maximum atomic E-state index is 9.44. The Morgan fingerprint density at radius 2 is 0.603 bits per heavy atom. The summed E-state index contributed by atoms with van der Waals surface area (Å²) < 4.78 is 4.52. The molecule has 0 fully saturated rings. The maximum absolute atomic E-state index is 9.44. The number of hydrogen-bond donors (Lipinski definition) is 2. The van der Waals surface area contributed by atoms with E-state index < -0.39 is 0 Å². The Bertz CT molecular complexity index is 4180. The van der Waals surface area contributed by atoms with Gasteiger partial charge < -0.3 is 4.57 Å². The summed E-state index contributed by atoms with van der Waals surface area (Å²) >= 11 is 0. The average Bonchev–Trinajstić information content (AvgIpc) is 3.97. The lowest BCUT2D eigenvalue weighted by Gasteiger charge is -2.15. The second-order valence-corrected chi connectivity index (χ2v) is 18.5. The molecule has 2 heterocycles. The number of nitrogens with zero attached hydrogens (tertiary/aromatic N) is 3. The molecule has 344 valence electrons. The molecule has 0 amide bonds. The van der Waals surface area contributed by atoms with E-state index >= 15 is 0 Å². The van der Waals surface area contributed by atoms with Crippen molar-refractivity contribution in [3.63, 3.8) is 0 Å². The molecule has 11 aromatic carbocycles. The number of aliphatic imine (C=N–C) groups is 1. The Hall–Kier alpha value is -9.84. The smallest absolute Gasteiger partial charge is 0.154 e. The van der Waals surface area contributed by atoms with Gasteiger partial charge in [-0.1, -0.05) is 212 Å². The monoisotopic (exact) mass is 933 g/mol. The summed E-state index contributed by atoms with van der Waals surface area (Å²) in [5.41, 5.74) is 22.2. The first-order valence-electron chi connectivity index (χ1n) is 24.7. The summed E-state index contributed by atoms with van der Waals surface area (Å²) in [7, 11) is 0. The molecule has 0 aliphatic carbocycles. The predicted molar refractivity (Wildman–Crippen MR) is 307 cm³/mol. The van der Waals surface area contributed by atoms with Gasteiger partial charge in [-0.05, 0) is 116 Å². The molecule has 73 heavy (non-hydrogen) atoms. The van der Waals surface area contributed by atoms with Gasteiger partial charge in [0.1, 0.15) is 0 Å². The van der Waals surface area contributed by atoms with Crippen LogP contribution < -0.4 is 5.43 Å². The average molecular weight is 934 g/mol. The zero-order valence-electron chi connectivity index (χ0n) is 39.8. The van der Waals surface area contributed by atoms with E-state index in [0.29, 0.717) is 5.84 Å². The highest BCUT2D eigenvalue weighted by Crippen LogP contribution is 2.40. The Morgan fingerprint density at radius 1 is 0.301 bits per heavy atom. The van der Waals surface area contributed by atoms with Crippen LogP contribution in [0.4, 0.5) is 0 Å².